The number of hydrogen-bond donors (Lipinski definition) is 2. The zero-order valence-electron chi connectivity index (χ0n) is 12.2. The number of carbonyl (C=O) groups excluding carboxylic acids is 1. The van der Waals surface area contributed by atoms with Crippen molar-refractivity contribution in [1.82, 2.24) is 5.32 Å². The standard InChI is InChI=1S/C17H15F3N2O/c18-17(19,20)13-8-4-5-9-14(13)21-15(23)22-16(10-11-16)12-6-2-1-3-7-12/h1-9H,10-11H2,(H2,21,22,23). The summed E-state index contributed by atoms with van der Waals surface area (Å²) in [6.45, 7) is 0. The first kappa shape index (κ1) is 15.4. The molecule has 2 aromatic rings. The number of carbonyl (C=O) groups is 1. The van der Waals surface area contributed by atoms with Crippen LogP contribution in [0, 0.1) is 0 Å². The SMILES string of the molecule is O=C(Nc1ccccc1C(F)(F)F)NC1(c2ccccc2)CC1. The number of alkyl halides is 3. The number of amides is 2. The summed E-state index contributed by atoms with van der Waals surface area (Å²) in [5.74, 6) is 0. The summed E-state index contributed by atoms with van der Waals surface area (Å²) in [5.41, 5.74) is -0.626. The van der Waals surface area contributed by atoms with Crippen molar-refractivity contribution in [3.8, 4) is 0 Å². The van der Waals surface area contributed by atoms with Gasteiger partial charge >= 0.3 is 12.2 Å². The first-order chi connectivity index (χ1) is 10.9. The van der Waals surface area contributed by atoms with Crippen LogP contribution in [0.1, 0.15) is 24.0 Å². The number of benzene rings is 2. The van der Waals surface area contributed by atoms with Crippen LogP contribution >= 0.6 is 0 Å². The van der Waals surface area contributed by atoms with Gasteiger partial charge in [-0.3, -0.25) is 0 Å². The average Bonchev–Trinajstić information content (AvgIpc) is 3.28. The molecule has 1 saturated carbocycles. The lowest BCUT2D eigenvalue weighted by atomic mass is 10.1. The molecule has 0 aromatic heterocycles. The number of hydrogen-bond acceptors (Lipinski definition) is 1. The van der Waals surface area contributed by atoms with E-state index in [0.29, 0.717) is 0 Å². The summed E-state index contributed by atoms with van der Waals surface area (Å²) < 4.78 is 38.8. The van der Waals surface area contributed by atoms with Crippen molar-refractivity contribution >= 4 is 11.7 Å². The fourth-order valence-electron chi connectivity index (χ4n) is 2.58. The topological polar surface area (TPSA) is 41.1 Å². The van der Waals surface area contributed by atoms with E-state index >= 15 is 0 Å². The van der Waals surface area contributed by atoms with Crippen LogP contribution in [0.5, 0.6) is 0 Å². The number of rotatable bonds is 3. The fourth-order valence-corrected chi connectivity index (χ4v) is 2.58. The second kappa shape index (κ2) is 5.61. The molecule has 1 fully saturated rings. The molecular weight excluding hydrogens is 305 g/mol. The van der Waals surface area contributed by atoms with Gasteiger partial charge in [0.05, 0.1) is 16.8 Å². The van der Waals surface area contributed by atoms with Gasteiger partial charge in [-0.15, -0.1) is 0 Å². The van der Waals surface area contributed by atoms with Gasteiger partial charge in [0.25, 0.3) is 0 Å². The van der Waals surface area contributed by atoms with Gasteiger partial charge in [-0.1, -0.05) is 42.5 Å². The smallest absolute Gasteiger partial charge is 0.328 e. The van der Waals surface area contributed by atoms with Crippen LogP contribution in [-0.4, -0.2) is 6.03 Å². The van der Waals surface area contributed by atoms with Crippen molar-refractivity contribution in [3.05, 3.63) is 65.7 Å². The molecule has 0 bridgehead atoms. The molecule has 3 nitrogen and oxygen atoms in total. The van der Waals surface area contributed by atoms with Gasteiger partial charge in [-0.25, -0.2) is 4.79 Å². The molecular formula is C17H15F3N2O. The van der Waals surface area contributed by atoms with Crippen molar-refractivity contribution in [2.45, 2.75) is 24.6 Å². The zero-order valence-corrected chi connectivity index (χ0v) is 12.2. The lowest BCUT2D eigenvalue weighted by Gasteiger charge is -2.19. The molecule has 2 N–H and O–H groups in total. The molecule has 23 heavy (non-hydrogen) atoms. The molecule has 1 aliphatic carbocycles. The molecule has 1 aliphatic rings. The van der Waals surface area contributed by atoms with Gasteiger partial charge in [-0.05, 0) is 30.5 Å². The summed E-state index contributed by atoms with van der Waals surface area (Å²) >= 11 is 0. The number of urea groups is 1. The minimum atomic E-state index is -4.51. The predicted octanol–water partition coefficient (Wildman–Crippen LogP) is 4.52. The van der Waals surface area contributed by atoms with E-state index < -0.39 is 23.3 Å². The zero-order chi connectivity index (χ0) is 16.5. The number of para-hydroxylation sites is 1. The van der Waals surface area contributed by atoms with Crippen LogP contribution in [0.3, 0.4) is 0 Å². The number of anilines is 1. The first-order valence-corrected chi connectivity index (χ1v) is 7.22. The largest absolute Gasteiger partial charge is 0.418 e. The Kier molecular flexibility index (Phi) is 3.75. The summed E-state index contributed by atoms with van der Waals surface area (Å²) in [7, 11) is 0. The maximum Gasteiger partial charge on any atom is 0.418 e. The average molecular weight is 320 g/mol. The molecule has 2 amide bonds. The highest BCUT2D eigenvalue weighted by Gasteiger charge is 2.45. The molecule has 3 rings (SSSR count). The Labute approximate surface area is 131 Å². The third-order valence-corrected chi connectivity index (χ3v) is 3.91. The Balaban J connectivity index is 1.74. The van der Waals surface area contributed by atoms with Gasteiger partial charge in [0.2, 0.25) is 0 Å². The van der Waals surface area contributed by atoms with E-state index in [-0.39, 0.29) is 5.69 Å². The Morgan fingerprint density at radius 1 is 0.957 bits per heavy atom. The lowest BCUT2D eigenvalue weighted by molar-refractivity contribution is -0.136. The Morgan fingerprint density at radius 2 is 1.57 bits per heavy atom. The molecule has 0 spiro atoms. The maximum atomic E-state index is 12.9. The van der Waals surface area contributed by atoms with E-state index in [9.17, 15) is 18.0 Å². The predicted molar refractivity (Wildman–Crippen MR) is 81.0 cm³/mol. The third kappa shape index (κ3) is 3.31. The molecule has 0 heterocycles. The minimum Gasteiger partial charge on any atom is -0.328 e. The van der Waals surface area contributed by atoms with Crippen molar-refractivity contribution in [2.75, 3.05) is 5.32 Å². The van der Waals surface area contributed by atoms with Gasteiger partial charge in [-0.2, -0.15) is 13.2 Å². The quantitative estimate of drug-likeness (QED) is 0.858. The lowest BCUT2D eigenvalue weighted by Crippen LogP contribution is -2.38. The normalized spacial score (nSPS) is 15.8. The molecule has 2 aromatic carbocycles. The monoisotopic (exact) mass is 320 g/mol. The minimum absolute atomic E-state index is 0.249. The van der Waals surface area contributed by atoms with Crippen LogP contribution in [0.4, 0.5) is 23.7 Å². The molecule has 0 unspecified atom stereocenters. The van der Waals surface area contributed by atoms with E-state index in [1.165, 1.54) is 18.2 Å². The second-order valence-electron chi connectivity index (χ2n) is 5.57. The van der Waals surface area contributed by atoms with Crippen LogP contribution in [0.25, 0.3) is 0 Å². The van der Waals surface area contributed by atoms with Gasteiger partial charge in [0.1, 0.15) is 0 Å². The molecule has 0 aliphatic heterocycles. The number of halogens is 3. The van der Waals surface area contributed by atoms with Crippen molar-refractivity contribution in [3.63, 3.8) is 0 Å². The van der Waals surface area contributed by atoms with Gasteiger partial charge in [0, 0.05) is 0 Å². The summed E-state index contributed by atoms with van der Waals surface area (Å²) in [6.07, 6.45) is -2.97. The Hall–Kier alpha value is -2.50. The van der Waals surface area contributed by atoms with Crippen LogP contribution in [0.2, 0.25) is 0 Å². The molecule has 0 atom stereocenters. The van der Waals surface area contributed by atoms with Crippen molar-refractivity contribution < 1.29 is 18.0 Å². The third-order valence-electron chi connectivity index (χ3n) is 3.91. The van der Waals surface area contributed by atoms with E-state index in [1.54, 1.807) is 0 Å². The fraction of sp³-hybridized carbons (Fsp3) is 0.235. The molecule has 0 saturated heterocycles. The van der Waals surface area contributed by atoms with Crippen molar-refractivity contribution in [1.29, 1.82) is 0 Å². The number of nitrogens with one attached hydrogen (secondary N) is 2. The highest BCUT2D eigenvalue weighted by molar-refractivity contribution is 5.91. The first-order valence-electron chi connectivity index (χ1n) is 7.22. The van der Waals surface area contributed by atoms with E-state index in [2.05, 4.69) is 10.6 Å². The molecule has 0 radical (unpaired) electrons. The Bertz CT molecular complexity index is 709. The van der Waals surface area contributed by atoms with Crippen LogP contribution in [0.15, 0.2) is 54.6 Å². The molecule has 6 heteroatoms. The summed E-state index contributed by atoms with van der Waals surface area (Å²) in [4.78, 5) is 12.1. The highest BCUT2D eigenvalue weighted by atomic mass is 19.4. The van der Waals surface area contributed by atoms with E-state index in [4.69, 9.17) is 0 Å². The summed E-state index contributed by atoms with van der Waals surface area (Å²) in [6, 6.07) is 13.7. The second-order valence-corrected chi connectivity index (χ2v) is 5.57. The van der Waals surface area contributed by atoms with E-state index in [1.807, 2.05) is 30.3 Å². The van der Waals surface area contributed by atoms with Gasteiger partial charge < -0.3 is 10.6 Å². The van der Waals surface area contributed by atoms with Crippen LogP contribution < -0.4 is 10.6 Å². The van der Waals surface area contributed by atoms with Crippen LogP contribution in [-0.2, 0) is 11.7 Å². The Morgan fingerprint density at radius 3 is 2.17 bits per heavy atom. The highest BCUT2D eigenvalue weighted by Crippen LogP contribution is 2.45. The van der Waals surface area contributed by atoms with Gasteiger partial charge in [0.15, 0.2) is 0 Å². The molecule has 120 valence electrons. The van der Waals surface area contributed by atoms with Crippen molar-refractivity contribution in [2.24, 2.45) is 0 Å². The summed E-state index contributed by atoms with van der Waals surface area (Å²) in [5, 5.41) is 5.11. The van der Waals surface area contributed by atoms with E-state index in [0.717, 1.165) is 24.5 Å². The maximum absolute atomic E-state index is 12.9.